The van der Waals surface area contributed by atoms with Gasteiger partial charge in [0.1, 0.15) is 0 Å². The van der Waals surface area contributed by atoms with E-state index in [4.69, 9.17) is 4.42 Å². The van der Waals surface area contributed by atoms with Gasteiger partial charge in [-0.15, -0.1) is 5.10 Å². The molecule has 0 N–H and O–H groups in total. The fourth-order valence-corrected chi connectivity index (χ4v) is 2.67. The molecular formula is C14H21N5O. The average molecular weight is 275 g/mol. The number of nitrogens with zero attached hydrogens (tertiary/aromatic N) is 5. The van der Waals surface area contributed by atoms with Crippen LogP contribution >= 0.6 is 0 Å². The van der Waals surface area contributed by atoms with Gasteiger partial charge in [0.25, 0.3) is 0 Å². The Kier molecular flexibility index (Phi) is 3.46. The van der Waals surface area contributed by atoms with Gasteiger partial charge >= 0.3 is 6.01 Å². The Hall–Kier alpha value is -1.85. The predicted octanol–water partition coefficient (Wildman–Crippen LogP) is 2.00. The molecule has 0 radical (unpaired) electrons. The Balaban J connectivity index is 1.61. The van der Waals surface area contributed by atoms with Gasteiger partial charge in [0, 0.05) is 32.3 Å². The van der Waals surface area contributed by atoms with E-state index in [1.165, 1.54) is 5.56 Å². The summed E-state index contributed by atoms with van der Waals surface area (Å²) >= 11 is 0. The highest BCUT2D eigenvalue weighted by Crippen LogP contribution is 2.26. The summed E-state index contributed by atoms with van der Waals surface area (Å²) in [5.41, 5.74) is 1.30. The molecule has 1 unspecified atom stereocenters. The summed E-state index contributed by atoms with van der Waals surface area (Å²) in [5.74, 6) is 1.63. The van der Waals surface area contributed by atoms with Crippen LogP contribution in [0.3, 0.4) is 0 Å². The van der Waals surface area contributed by atoms with Crippen LogP contribution in [0.1, 0.15) is 37.6 Å². The van der Waals surface area contributed by atoms with Crippen molar-refractivity contribution in [1.29, 1.82) is 0 Å². The minimum atomic E-state index is 0.282. The predicted molar refractivity (Wildman–Crippen MR) is 75.6 cm³/mol. The zero-order chi connectivity index (χ0) is 14.1. The van der Waals surface area contributed by atoms with Crippen molar-refractivity contribution < 1.29 is 4.42 Å². The van der Waals surface area contributed by atoms with Crippen LogP contribution in [-0.2, 0) is 13.5 Å². The molecule has 1 fully saturated rings. The SMILES string of the molecule is CC(C)c1nnc(N2CCC(Cc3cnn(C)c3)C2)o1. The summed E-state index contributed by atoms with van der Waals surface area (Å²) in [6.45, 7) is 6.10. The van der Waals surface area contributed by atoms with E-state index in [1.807, 2.05) is 17.9 Å². The third-order valence-corrected chi connectivity index (χ3v) is 3.76. The van der Waals surface area contributed by atoms with Gasteiger partial charge in [-0.1, -0.05) is 18.9 Å². The van der Waals surface area contributed by atoms with Crippen LogP contribution in [0.25, 0.3) is 0 Å². The second-order valence-electron chi connectivity index (χ2n) is 5.90. The standard InChI is InChI=1S/C14H21N5O/c1-10(2)13-16-17-14(20-13)19-5-4-11(9-19)6-12-7-15-18(3)8-12/h7-8,10-11H,4-6,9H2,1-3H3. The molecule has 1 aliphatic heterocycles. The van der Waals surface area contributed by atoms with Crippen LogP contribution in [0.15, 0.2) is 16.8 Å². The van der Waals surface area contributed by atoms with Gasteiger partial charge in [-0.2, -0.15) is 5.10 Å². The monoisotopic (exact) mass is 275 g/mol. The van der Waals surface area contributed by atoms with E-state index < -0.39 is 0 Å². The second kappa shape index (κ2) is 5.26. The molecule has 2 aromatic heterocycles. The van der Waals surface area contributed by atoms with Crippen LogP contribution in [0.5, 0.6) is 0 Å². The van der Waals surface area contributed by atoms with Crippen LogP contribution in [0.2, 0.25) is 0 Å². The van der Waals surface area contributed by atoms with Crippen molar-refractivity contribution in [3.63, 3.8) is 0 Å². The van der Waals surface area contributed by atoms with Crippen LogP contribution in [-0.4, -0.2) is 33.1 Å². The summed E-state index contributed by atoms with van der Waals surface area (Å²) in [7, 11) is 1.95. The molecule has 1 atom stereocenters. The number of hydrogen-bond acceptors (Lipinski definition) is 5. The molecule has 108 valence electrons. The van der Waals surface area contributed by atoms with Crippen molar-refractivity contribution in [2.24, 2.45) is 13.0 Å². The van der Waals surface area contributed by atoms with Crippen molar-refractivity contribution in [3.05, 3.63) is 23.8 Å². The minimum absolute atomic E-state index is 0.282. The molecule has 2 aromatic rings. The van der Waals surface area contributed by atoms with Gasteiger partial charge in [0.15, 0.2) is 0 Å². The van der Waals surface area contributed by atoms with E-state index in [9.17, 15) is 0 Å². The molecule has 3 heterocycles. The van der Waals surface area contributed by atoms with Crippen molar-refractivity contribution in [1.82, 2.24) is 20.0 Å². The Morgan fingerprint density at radius 1 is 1.40 bits per heavy atom. The first kappa shape index (κ1) is 13.1. The summed E-state index contributed by atoms with van der Waals surface area (Å²) in [6, 6.07) is 0.669. The molecule has 0 bridgehead atoms. The molecule has 20 heavy (non-hydrogen) atoms. The summed E-state index contributed by atoms with van der Waals surface area (Å²) < 4.78 is 7.58. The van der Waals surface area contributed by atoms with E-state index >= 15 is 0 Å². The lowest BCUT2D eigenvalue weighted by Crippen LogP contribution is -2.20. The van der Waals surface area contributed by atoms with E-state index in [-0.39, 0.29) is 5.92 Å². The zero-order valence-electron chi connectivity index (χ0n) is 12.3. The zero-order valence-corrected chi connectivity index (χ0v) is 12.3. The number of hydrogen-bond donors (Lipinski definition) is 0. The Bertz CT molecular complexity index is 574. The molecule has 1 saturated heterocycles. The highest BCUT2D eigenvalue weighted by Gasteiger charge is 2.27. The fraction of sp³-hybridized carbons (Fsp3) is 0.643. The number of aromatic nitrogens is 4. The Morgan fingerprint density at radius 3 is 2.90 bits per heavy atom. The normalized spacial score (nSPS) is 19.2. The summed E-state index contributed by atoms with van der Waals surface area (Å²) in [4.78, 5) is 2.19. The van der Waals surface area contributed by atoms with E-state index in [1.54, 1.807) is 0 Å². The Labute approximate surface area is 118 Å². The quantitative estimate of drug-likeness (QED) is 0.854. The first-order valence-corrected chi connectivity index (χ1v) is 7.17. The number of anilines is 1. The van der Waals surface area contributed by atoms with Crippen molar-refractivity contribution in [2.75, 3.05) is 18.0 Å². The van der Waals surface area contributed by atoms with Gasteiger partial charge in [0.05, 0.1) is 6.20 Å². The highest BCUT2D eigenvalue weighted by molar-refractivity contribution is 5.27. The molecular weight excluding hydrogens is 254 g/mol. The second-order valence-corrected chi connectivity index (χ2v) is 5.90. The largest absolute Gasteiger partial charge is 0.408 e. The average Bonchev–Trinajstić information content (AvgIpc) is 3.10. The van der Waals surface area contributed by atoms with E-state index in [0.29, 0.717) is 11.9 Å². The molecule has 0 amide bonds. The highest BCUT2D eigenvalue weighted by atomic mass is 16.4. The lowest BCUT2D eigenvalue weighted by atomic mass is 10.0. The van der Waals surface area contributed by atoms with Crippen LogP contribution in [0.4, 0.5) is 6.01 Å². The number of rotatable bonds is 4. The molecule has 0 saturated carbocycles. The molecule has 6 heteroatoms. The molecule has 1 aliphatic rings. The van der Waals surface area contributed by atoms with Gasteiger partial charge in [-0.3, -0.25) is 4.68 Å². The summed E-state index contributed by atoms with van der Waals surface area (Å²) in [6.07, 6.45) is 6.27. The maximum atomic E-state index is 5.72. The minimum Gasteiger partial charge on any atom is -0.408 e. The first-order chi connectivity index (χ1) is 9.61. The van der Waals surface area contributed by atoms with E-state index in [2.05, 4.69) is 40.2 Å². The molecule has 3 rings (SSSR count). The van der Waals surface area contributed by atoms with Crippen LogP contribution in [0, 0.1) is 5.92 Å². The fourth-order valence-electron chi connectivity index (χ4n) is 2.67. The van der Waals surface area contributed by atoms with E-state index in [0.717, 1.165) is 31.8 Å². The lowest BCUT2D eigenvalue weighted by molar-refractivity contribution is 0.466. The summed E-state index contributed by atoms with van der Waals surface area (Å²) in [5, 5.41) is 12.5. The van der Waals surface area contributed by atoms with Crippen LogP contribution < -0.4 is 4.90 Å². The first-order valence-electron chi connectivity index (χ1n) is 7.17. The number of aryl methyl sites for hydroxylation is 1. The van der Waals surface area contributed by atoms with Gasteiger partial charge in [-0.05, 0) is 24.3 Å². The van der Waals surface area contributed by atoms with Crippen molar-refractivity contribution in [2.45, 2.75) is 32.6 Å². The maximum Gasteiger partial charge on any atom is 0.318 e. The lowest BCUT2D eigenvalue weighted by Gasteiger charge is -2.12. The van der Waals surface area contributed by atoms with Gasteiger partial charge in [0.2, 0.25) is 5.89 Å². The maximum absolute atomic E-state index is 5.72. The van der Waals surface area contributed by atoms with Crippen molar-refractivity contribution >= 4 is 6.01 Å². The van der Waals surface area contributed by atoms with Gasteiger partial charge in [-0.25, -0.2) is 0 Å². The molecule has 0 aliphatic carbocycles. The third-order valence-electron chi connectivity index (χ3n) is 3.76. The van der Waals surface area contributed by atoms with Gasteiger partial charge < -0.3 is 9.32 Å². The Morgan fingerprint density at radius 2 is 2.25 bits per heavy atom. The molecule has 0 spiro atoms. The van der Waals surface area contributed by atoms with Crippen molar-refractivity contribution in [3.8, 4) is 0 Å². The third kappa shape index (κ3) is 2.69. The smallest absolute Gasteiger partial charge is 0.318 e. The molecule has 0 aromatic carbocycles. The topological polar surface area (TPSA) is 60.0 Å². The molecule has 6 nitrogen and oxygen atoms in total.